The largest absolute Gasteiger partial charge is 0.497 e. The molecule has 0 bridgehead atoms. The molecule has 170 valence electrons. The van der Waals surface area contributed by atoms with E-state index >= 15 is 0 Å². The molecule has 1 N–H and O–H groups in total. The van der Waals surface area contributed by atoms with E-state index in [1.807, 2.05) is 54.6 Å². The number of thioether (sulfide) groups is 1. The second kappa shape index (κ2) is 9.40. The topological polar surface area (TPSA) is 90.6 Å². The van der Waals surface area contributed by atoms with Crippen LogP contribution in [0.25, 0.3) is 16.6 Å². The summed E-state index contributed by atoms with van der Waals surface area (Å²) < 4.78 is 12.3. The lowest BCUT2D eigenvalue weighted by atomic mass is 10.2. The van der Waals surface area contributed by atoms with Crippen molar-refractivity contribution in [2.75, 3.05) is 19.5 Å². The standard InChI is InChI=1S/C25H21N5O3S/c1-32-18-11-16(12-19(14-18)33-2)27-24-20-7-3-4-8-21(20)28-25(29-24)34-15-17-13-23(31)30-10-6-5-9-22(30)26-17/h3-14H,15H2,1-2H3,(H,27,28,29). The smallest absolute Gasteiger partial charge is 0.258 e. The molecular formula is C25H21N5O3S. The predicted molar refractivity (Wildman–Crippen MR) is 133 cm³/mol. The predicted octanol–water partition coefficient (Wildman–Crippen LogP) is 4.69. The molecular weight excluding hydrogens is 450 g/mol. The van der Waals surface area contributed by atoms with Crippen molar-refractivity contribution in [3.63, 3.8) is 0 Å². The van der Waals surface area contributed by atoms with Crippen LogP contribution < -0.4 is 20.3 Å². The van der Waals surface area contributed by atoms with E-state index in [4.69, 9.17) is 19.4 Å². The van der Waals surface area contributed by atoms with Crippen molar-refractivity contribution in [3.05, 3.63) is 89.0 Å². The Balaban J connectivity index is 1.47. The Morgan fingerprint density at radius 2 is 1.68 bits per heavy atom. The van der Waals surface area contributed by atoms with Crippen molar-refractivity contribution in [2.45, 2.75) is 10.9 Å². The molecule has 0 saturated carbocycles. The molecule has 0 aliphatic rings. The van der Waals surface area contributed by atoms with Gasteiger partial charge in [-0.25, -0.2) is 15.0 Å². The van der Waals surface area contributed by atoms with Crippen molar-refractivity contribution in [3.8, 4) is 11.5 Å². The zero-order chi connectivity index (χ0) is 23.5. The lowest BCUT2D eigenvalue weighted by molar-refractivity contribution is 0.395. The molecule has 0 aliphatic heterocycles. The summed E-state index contributed by atoms with van der Waals surface area (Å²) in [5.41, 5.74) is 2.75. The van der Waals surface area contributed by atoms with Gasteiger partial charge in [-0.2, -0.15) is 0 Å². The highest BCUT2D eigenvalue weighted by atomic mass is 32.2. The van der Waals surface area contributed by atoms with Crippen molar-refractivity contribution in [1.82, 2.24) is 19.4 Å². The number of ether oxygens (including phenoxy) is 2. The minimum atomic E-state index is -0.116. The lowest BCUT2D eigenvalue weighted by Gasteiger charge is -2.13. The molecule has 34 heavy (non-hydrogen) atoms. The summed E-state index contributed by atoms with van der Waals surface area (Å²) in [5.74, 6) is 2.47. The van der Waals surface area contributed by atoms with E-state index in [2.05, 4.69) is 10.3 Å². The van der Waals surface area contributed by atoms with Crippen molar-refractivity contribution >= 4 is 39.8 Å². The van der Waals surface area contributed by atoms with Crippen LogP contribution in [0, 0.1) is 0 Å². The number of pyridine rings is 1. The van der Waals surface area contributed by atoms with Gasteiger partial charge in [-0.05, 0) is 24.3 Å². The summed E-state index contributed by atoms with van der Waals surface area (Å²) in [4.78, 5) is 26.4. The van der Waals surface area contributed by atoms with Gasteiger partial charge in [0.25, 0.3) is 5.56 Å². The Morgan fingerprint density at radius 3 is 2.47 bits per heavy atom. The van der Waals surface area contributed by atoms with Crippen LogP contribution in [0.2, 0.25) is 0 Å². The summed E-state index contributed by atoms with van der Waals surface area (Å²) >= 11 is 1.42. The quantitative estimate of drug-likeness (QED) is 0.270. The molecule has 0 radical (unpaired) electrons. The molecule has 3 heterocycles. The first kappa shape index (κ1) is 21.7. The number of anilines is 2. The molecule has 0 amide bonds. The van der Waals surface area contributed by atoms with E-state index in [-0.39, 0.29) is 5.56 Å². The number of methoxy groups -OCH3 is 2. The number of aromatic nitrogens is 4. The number of benzene rings is 2. The summed E-state index contributed by atoms with van der Waals surface area (Å²) in [6.07, 6.45) is 1.71. The third kappa shape index (κ3) is 4.51. The molecule has 8 nitrogen and oxygen atoms in total. The number of hydrogen-bond donors (Lipinski definition) is 1. The maximum atomic E-state index is 12.4. The van der Waals surface area contributed by atoms with Crippen LogP contribution in [0.4, 0.5) is 11.5 Å². The highest BCUT2D eigenvalue weighted by Gasteiger charge is 2.11. The van der Waals surface area contributed by atoms with Gasteiger partial charge in [0.1, 0.15) is 23.0 Å². The zero-order valence-corrected chi connectivity index (χ0v) is 19.4. The van der Waals surface area contributed by atoms with Crippen molar-refractivity contribution in [2.24, 2.45) is 0 Å². The van der Waals surface area contributed by atoms with Crippen LogP contribution in [0.3, 0.4) is 0 Å². The third-order valence-corrected chi connectivity index (χ3v) is 6.05. The fraction of sp³-hybridized carbons (Fsp3) is 0.120. The van der Waals surface area contributed by atoms with Crippen molar-refractivity contribution in [1.29, 1.82) is 0 Å². The van der Waals surface area contributed by atoms with E-state index in [1.54, 1.807) is 32.5 Å². The fourth-order valence-corrected chi connectivity index (χ4v) is 4.29. The van der Waals surface area contributed by atoms with Crippen LogP contribution in [-0.4, -0.2) is 33.6 Å². The monoisotopic (exact) mass is 471 g/mol. The number of nitrogens with one attached hydrogen (secondary N) is 1. The Labute approximate surface area is 199 Å². The average molecular weight is 472 g/mol. The summed E-state index contributed by atoms with van der Waals surface area (Å²) in [6, 6.07) is 20.4. The first-order valence-electron chi connectivity index (χ1n) is 10.5. The normalized spacial score (nSPS) is 11.0. The summed E-state index contributed by atoms with van der Waals surface area (Å²) in [7, 11) is 3.22. The van der Waals surface area contributed by atoms with Crippen LogP contribution in [0.5, 0.6) is 11.5 Å². The van der Waals surface area contributed by atoms with Gasteiger partial charge in [-0.1, -0.05) is 30.0 Å². The van der Waals surface area contributed by atoms with E-state index in [0.717, 1.165) is 16.6 Å². The molecule has 0 saturated heterocycles. The Kier molecular flexibility index (Phi) is 6.01. The Morgan fingerprint density at radius 1 is 0.912 bits per heavy atom. The third-order valence-electron chi connectivity index (χ3n) is 5.17. The first-order valence-corrected chi connectivity index (χ1v) is 11.5. The average Bonchev–Trinajstić information content (AvgIpc) is 2.87. The van der Waals surface area contributed by atoms with Gasteiger partial charge < -0.3 is 14.8 Å². The Hall–Kier alpha value is -4.11. The number of hydrogen-bond acceptors (Lipinski definition) is 8. The molecule has 5 rings (SSSR count). The van der Waals surface area contributed by atoms with Gasteiger partial charge in [0.15, 0.2) is 5.16 Å². The van der Waals surface area contributed by atoms with Crippen LogP contribution in [0.1, 0.15) is 5.69 Å². The second-order valence-corrected chi connectivity index (χ2v) is 8.34. The van der Waals surface area contributed by atoms with Crippen molar-refractivity contribution < 1.29 is 9.47 Å². The first-order chi connectivity index (χ1) is 16.6. The van der Waals surface area contributed by atoms with Gasteiger partial charge in [0.2, 0.25) is 0 Å². The molecule has 0 atom stereocenters. The van der Waals surface area contributed by atoms with Crippen LogP contribution in [-0.2, 0) is 5.75 Å². The summed E-state index contributed by atoms with van der Waals surface area (Å²) in [6.45, 7) is 0. The number of para-hydroxylation sites is 1. The van der Waals surface area contributed by atoms with E-state index in [1.165, 1.54) is 16.2 Å². The maximum Gasteiger partial charge on any atom is 0.258 e. The molecule has 2 aromatic carbocycles. The lowest BCUT2D eigenvalue weighted by Crippen LogP contribution is -2.14. The fourth-order valence-electron chi connectivity index (χ4n) is 3.55. The summed E-state index contributed by atoms with van der Waals surface area (Å²) in [5, 5.41) is 4.83. The highest BCUT2D eigenvalue weighted by molar-refractivity contribution is 7.98. The van der Waals surface area contributed by atoms with E-state index in [0.29, 0.717) is 39.6 Å². The SMILES string of the molecule is COc1cc(Nc2nc(SCc3cc(=O)n4ccccc4n3)nc3ccccc23)cc(OC)c1. The molecule has 5 aromatic rings. The molecule has 0 aliphatic carbocycles. The van der Waals surface area contributed by atoms with Gasteiger partial charge in [0.05, 0.1) is 25.4 Å². The van der Waals surface area contributed by atoms with Crippen LogP contribution in [0.15, 0.2) is 82.9 Å². The van der Waals surface area contributed by atoms with Crippen LogP contribution >= 0.6 is 11.8 Å². The molecule has 0 fully saturated rings. The number of fused-ring (bicyclic) bond motifs is 2. The minimum Gasteiger partial charge on any atom is -0.497 e. The van der Waals surface area contributed by atoms with Gasteiger partial charge in [0, 0.05) is 47.3 Å². The van der Waals surface area contributed by atoms with Gasteiger partial charge in [-0.3, -0.25) is 9.20 Å². The second-order valence-electron chi connectivity index (χ2n) is 7.40. The molecule has 9 heteroatoms. The minimum absolute atomic E-state index is 0.116. The highest BCUT2D eigenvalue weighted by Crippen LogP contribution is 2.31. The zero-order valence-electron chi connectivity index (χ0n) is 18.6. The number of nitrogens with zero attached hydrogens (tertiary/aromatic N) is 4. The van der Waals surface area contributed by atoms with E-state index in [9.17, 15) is 4.79 Å². The van der Waals surface area contributed by atoms with Gasteiger partial charge >= 0.3 is 0 Å². The molecule has 0 unspecified atom stereocenters. The van der Waals surface area contributed by atoms with Gasteiger partial charge in [-0.15, -0.1) is 0 Å². The number of rotatable bonds is 7. The Bertz CT molecular complexity index is 1530. The maximum absolute atomic E-state index is 12.4. The molecule has 3 aromatic heterocycles. The molecule has 0 spiro atoms. The van der Waals surface area contributed by atoms with E-state index < -0.39 is 0 Å².